The standard InChI is InChI=1S/C22H28N4S/c1-2-4-6-9-19(10-7-5-3-1)20-16-26(22-23-12-8-13-24-22)25-21(20)15-18-11-14-27-17-18/h8,11-14,16-17,19H,1-7,9-10,15H2. The van der Waals surface area contributed by atoms with Crippen molar-refractivity contribution in [2.75, 3.05) is 0 Å². The number of hydrogen-bond acceptors (Lipinski definition) is 4. The minimum atomic E-state index is 0.606. The van der Waals surface area contributed by atoms with Crippen LogP contribution in [0.15, 0.2) is 41.5 Å². The molecule has 0 amide bonds. The second-order valence-electron chi connectivity index (χ2n) is 7.58. The van der Waals surface area contributed by atoms with Gasteiger partial charge < -0.3 is 0 Å². The number of nitrogens with zero attached hydrogens (tertiary/aromatic N) is 4. The van der Waals surface area contributed by atoms with Gasteiger partial charge in [0.05, 0.1) is 5.69 Å². The van der Waals surface area contributed by atoms with Gasteiger partial charge in [0.15, 0.2) is 0 Å². The molecule has 0 bridgehead atoms. The van der Waals surface area contributed by atoms with Gasteiger partial charge in [-0.05, 0) is 52.8 Å². The number of thiophene rings is 1. The van der Waals surface area contributed by atoms with E-state index in [-0.39, 0.29) is 0 Å². The zero-order valence-corrected chi connectivity index (χ0v) is 16.7. The lowest BCUT2D eigenvalue weighted by molar-refractivity contribution is 0.461. The summed E-state index contributed by atoms with van der Waals surface area (Å²) in [7, 11) is 0. The van der Waals surface area contributed by atoms with E-state index in [4.69, 9.17) is 5.10 Å². The highest BCUT2D eigenvalue weighted by molar-refractivity contribution is 7.07. The minimum Gasteiger partial charge on any atom is -0.220 e. The lowest BCUT2D eigenvalue weighted by Gasteiger charge is -2.18. The fourth-order valence-electron chi connectivity index (χ4n) is 4.12. The van der Waals surface area contributed by atoms with Gasteiger partial charge in [0.2, 0.25) is 5.95 Å². The van der Waals surface area contributed by atoms with Crippen molar-refractivity contribution in [3.8, 4) is 5.95 Å². The predicted octanol–water partition coefficient (Wildman–Crippen LogP) is 5.92. The van der Waals surface area contributed by atoms with Gasteiger partial charge in [0, 0.05) is 25.0 Å². The highest BCUT2D eigenvalue weighted by Crippen LogP contribution is 2.33. The quantitative estimate of drug-likeness (QED) is 0.564. The third-order valence-corrected chi connectivity index (χ3v) is 6.31. The molecule has 142 valence electrons. The second-order valence-corrected chi connectivity index (χ2v) is 8.36. The molecule has 4 rings (SSSR count). The Morgan fingerprint density at radius 1 is 0.963 bits per heavy atom. The van der Waals surface area contributed by atoms with Gasteiger partial charge >= 0.3 is 0 Å². The summed E-state index contributed by atoms with van der Waals surface area (Å²) in [6.45, 7) is 0. The Labute approximate surface area is 165 Å². The summed E-state index contributed by atoms with van der Waals surface area (Å²) in [6.07, 6.45) is 18.8. The molecule has 3 aromatic heterocycles. The molecular weight excluding hydrogens is 352 g/mol. The SMILES string of the molecule is c1cnc(-n2cc(C3CCCCCCCCC3)c(Cc3ccsc3)n2)nc1. The normalized spacial score (nSPS) is 17.0. The Bertz CT molecular complexity index is 800. The van der Waals surface area contributed by atoms with E-state index < -0.39 is 0 Å². The molecular formula is C22H28N4S. The molecule has 0 atom stereocenters. The fourth-order valence-corrected chi connectivity index (χ4v) is 4.79. The highest BCUT2D eigenvalue weighted by atomic mass is 32.1. The zero-order valence-electron chi connectivity index (χ0n) is 15.9. The van der Waals surface area contributed by atoms with E-state index in [9.17, 15) is 0 Å². The second kappa shape index (κ2) is 9.27. The van der Waals surface area contributed by atoms with Crippen molar-refractivity contribution in [1.29, 1.82) is 0 Å². The maximum absolute atomic E-state index is 4.92. The van der Waals surface area contributed by atoms with Crippen LogP contribution < -0.4 is 0 Å². The summed E-state index contributed by atoms with van der Waals surface area (Å²) in [6, 6.07) is 4.06. The van der Waals surface area contributed by atoms with Crippen LogP contribution in [0.5, 0.6) is 0 Å². The van der Waals surface area contributed by atoms with Gasteiger partial charge in [-0.3, -0.25) is 0 Å². The van der Waals surface area contributed by atoms with E-state index in [0.717, 1.165) is 6.42 Å². The number of hydrogen-bond donors (Lipinski definition) is 0. The van der Waals surface area contributed by atoms with Gasteiger partial charge in [-0.1, -0.05) is 44.9 Å². The Kier molecular flexibility index (Phi) is 6.30. The van der Waals surface area contributed by atoms with Gasteiger partial charge in [-0.2, -0.15) is 16.4 Å². The Morgan fingerprint density at radius 2 is 1.67 bits per heavy atom. The van der Waals surface area contributed by atoms with Crippen LogP contribution in [0.25, 0.3) is 5.95 Å². The van der Waals surface area contributed by atoms with Gasteiger partial charge in [-0.15, -0.1) is 0 Å². The summed E-state index contributed by atoms with van der Waals surface area (Å²) >= 11 is 1.76. The smallest absolute Gasteiger partial charge is 0.220 e. The molecule has 3 aromatic rings. The summed E-state index contributed by atoms with van der Waals surface area (Å²) in [5, 5.41) is 9.30. The van der Waals surface area contributed by atoms with E-state index in [1.807, 2.05) is 10.7 Å². The molecule has 5 heteroatoms. The third kappa shape index (κ3) is 4.83. The third-order valence-electron chi connectivity index (χ3n) is 5.58. The molecule has 1 aliphatic carbocycles. The molecule has 0 radical (unpaired) electrons. The molecule has 1 fully saturated rings. The molecule has 4 nitrogen and oxygen atoms in total. The maximum atomic E-state index is 4.92. The Hall–Kier alpha value is -2.01. The van der Waals surface area contributed by atoms with Crippen molar-refractivity contribution >= 4 is 11.3 Å². The summed E-state index contributed by atoms with van der Waals surface area (Å²) in [4.78, 5) is 8.80. The minimum absolute atomic E-state index is 0.606. The number of aromatic nitrogens is 4. The average Bonchev–Trinajstić information content (AvgIpc) is 3.37. The Balaban J connectivity index is 1.64. The van der Waals surface area contributed by atoms with Crippen LogP contribution >= 0.6 is 11.3 Å². The van der Waals surface area contributed by atoms with Crippen molar-refractivity contribution in [2.24, 2.45) is 0 Å². The van der Waals surface area contributed by atoms with Crippen LogP contribution in [0.2, 0.25) is 0 Å². The number of rotatable bonds is 4. The molecule has 0 aliphatic heterocycles. The van der Waals surface area contributed by atoms with E-state index in [0.29, 0.717) is 11.9 Å². The van der Waals surface area contributed by atoms with Gasteiger partial charge in [-0.25, -0.2) is 14.6 Å². The first-order valence-electron chi connectivity index (χ1n) is 10.3. The molecule has 0 N–H and O–H groups in total. The summed E-state index contributed by atoms with van der Waals surface area (Å²) in [5.74, 6) is 1.27. The molecule has 27 heavy (non-hydrogen) atoms. The van der Waals surface area contributed by atoms with E-state index >= 15 is 0 Å². The van der Waals surface area contributed by atoms with Crippen molar-refractivity contribution in [3.63, 3.8) is 0 Å². The largest absolute Gasteiger partial charge is 0.250 e. The maximum Gasteiger partial charge on any atom is 0.250 e. The lowest BCUT2D eigenvalue weighted by Crippen LogP contribution is -2.04. The molecule has 0 spiro atoms. The summed E-state index contributed by atoms with van der Waals surface area (Å²) < 4.78 is 1.88. The first kappa shape index (κ1) is 18.4. The molecule has 0 unspecified atom stereocenters. The summed E-state index contributed by atoms with van der Waals surface area (Å²) in [5.41, 5.74) is 3.96. The molecule has 3 heterocycles. The Morgan fingerprint density at radius 3 is 2.33 bits per heavy atom. The van der Waals surface area contributed by atoms with Crippen LogP contribution in [-0.4, -0.2) is 19.7 Å². The first-order chi connectivity index (χ1) is 13.4. The predicted molar refractivity (Wildman–Crippen MR) is 111 cm³/mol. The topological polar surface area (TPSA) is 43.6 Å². The molecule has 1 aliphatic rings. The molecule has 0 aromatic carbocycles. The average molecular weight is 381 g/mol. The van der Waals surface area contributed by atoms with Crippen molar-refractivity contribution < 1.29 is 0 Å². The van der Waals surface area contributed by atoms with Crippen LogP contribution in [0.3, 0.4) is 0 Å². The lowest BCUT2D eigenvalue weighted by atomic mass is 9.86. The van der Waals surface area contributed by atoms with E-state index in [2.05, 4.69) is 33.0 Å². The fraction of sp³-hybridized carbons (Fsp3) is 0.500. The van der Waals surface area contributed by atoms with Gasteiger partial charge in [0.25, 0.3) is 0 Å². The molecule has 1 saturated carbocycles. The molecule has 0 saturated heterocycles. The van der Waals surface area contributed by atoms with Crippen LogP contribution in [0.4, 0.5) is 0 Å². The first-order valence-corrected chi connectivity index (χ1v) is 11.2. The monoisotopic (exact) mass is 380 g/mol. The van der Waals surface area contributed by atoms with Crippen molar-refractivity contribution in [3.05, 3.63) is 58.3 Å². The van der Waals surface area contributed by atoms with Crippen LogP contribution in [0, 0.1) is 0 Å². The highest BCUT2D eigenvalue weighted by Gasteiger charge is 2.21. The van der Waals surface area contributed by atoms with Crippen molar-refractivity contribution in [2.45, 2.75) is 70.1 Å². The van der Waals surface area contributed by atoms with E-state index in [1.54, 1.807) is 23.7 Å². The van der Waals surface area contributed by atoms with Gasteiger partial charge in [0.1, 0.15) is 0 Å². The van der Waals surface area contributed by atoms with Crippen molar-refractivity contribution in [1.82, 2.24) is 19.7 Å². The van der Waals surface area contributed by atoms with E-state index in [1.165, 1.54) is 74.6 Å². The van der Waals surface area contributed by atoms with Crippen LogP contribution in [-0.2, 0) is 6.42 Å². The van der Waals surface area contributed by atoms with Crippen LogP contribution in [0.1, 0.15) is 80.5 Å². The zero-order chi connectivity index (χ0) is 18.3.